The molecule has 8 nitrogen and oxygen atoms in total. The lowest BCUT2D eigenvalue weighted by Gasteiger charge is -2.35. The predicted molar refractivity (Wildman–Crippen MR) is 112 cm³/mol. The number of amides is 1. The monoisotopic (exact) mass is 417 g/mol. The Hall–Kier alpha value is -2.74. The lowest BCUT2D eigenvalue weighted by atomic mass is 10.1. The number of aryl methyl sites for hydroxylation is 2. The fourth-order valence-electron chi connectivity index (χ4n) is 3.93. The van der Waals surface area contributed by atoms with Crippen LogP contribution in [0.2, 0.25) is 0 Å². The molecule has 1 aromatic carbocycles. The zero-order valence-electron chi connectivity index (χ0n) is 18.5. The minimum absolute atomic E-state index is 0.179. The molecule has 0 N–H and O–H groups in total. The number of aromatic nitrogens is 1. The third kappa shape index (κ3) is 4.70. The molecule has 0 atom stereocenters. The van der Waals surface area contributed by atoms with Crippen molar-refractivity contribution in [2.24, 2.45) is 0 Å². The van der Waals surface area contributed by atoms with Gasteiger partial charge < -0.3 is 23.6 Å². The SMILES string of the molecule is COc1ccc(CN2CCN(C(=O)CCc3c(C)noc3C)CC2)c(OC)c1OC. The predicted octanol–water partition coefficient (Wildman–Crippen LogP) is 2.59. The van der Waals surface area contributed by atoms with Gasteiger partial charge >= 0.3 is 0 Å². The first-order valence-electron chi connectivity index (χ1n) is 10.2. The summed E-state index contributed by atoms with van der Waals surface area (Å²) in [6.45, 7) is 7.60. The molecule has 1 saturated heterocycles. The van der Waals surface area contributed by atoms with Crippen molar-refractivity contribution in [3.05, 3.63) is 34.7 Å². The van der Waals surface area contributed by atoms with Gasteiger partial charge in [-0.2, -0.15) is 0 Å². The quantitative estimate of drug-likeness (QED) is 0.653. The number of carbonyl (C=O) groups is 1. The van der Waals surface area contributed by atoms with Gasteiger partial charge in [0.25, 0.3) is 0 Å². The van der Waals surface area contributed by atoms with E-state index in [9.17, 15) is 4.79 Å². The lowest BCUT2D eigenvalue weighted by Crippen LogP contribution is -2.48. The molecule has 0 unspecified atom stereocenters. The van der Waals surface area contributed by atoms with E-state index in [1.54, 1.807) is 21.3 Å². The highest BCUT2D eigenvalue weighted by atomic mass is 16.5. The number of hydrogen-bond donors (Lipinski definition) is 0. The fourth-order valence-corrected chi connectivity index (χ4v) is 3.93. The molecule has 1 aliphatic heterocycles. The highest BCUT2D eigenvalue weighted by molar-refractivity contribution is 5.76. The number of rotatable bonds is 8. The Kier molecular flexibility index (Phi) is 7.20. The van der Waals surface area contributed by atoms with Crippen LogP contribution >= 0.6 is 0 Å². The molecule has 1 fully saturated rings. The Morgan fingerprint density at radius 2 is 1.73 bits per heavy atom. The third-order valence-electron chi connectivity index (χ3n) is 5.67. The molecule has 1 aromatic heterocycles. The number of ether oxygens (including phenoxy) is 3. The van der Waals surface area contributed by atoms with E-state index in [-0.39, 0.29) is 5.91 Å². The smallest absolute Gasteiger partial charge is 0.222 e. The highest BCUT2D eigenvalue weighted by Crippen LogP contribution is 2.40. The number of nitrogens with zero attached hydrogens (tertiary/aromatic N) is 3. The fraction of sp³-hybridized carbons (Fsp3) is 0.545. The molecule has 164 valence electrons. The molecule has 1 amide bonds. The zero-order valence-corrected chi connectivity index (χ0v) is 18.5. The topological polar surface area (TPSA) is 77.3 Å². The van der Waals surface area contributed by atoms with Crippen molar-refractivity contribution in [2.45, 2.75) is 33.2 Å². The van der Waals surface area contributed by atoms with E-state index in [0.29, 0.717) is 30.1 Å². The Morgan fingerprint density at radius 3 is 2.30 bits per heavy atom. The van der Waals surface area contributed by atoms with Crippen LogP contribution in [-0.2, 0) is 17.8 Å². The molecule has 3 rings (SSSR count). The molecule has 0 saturated carbocycles. The van der Waals surface area contributed by atoms with Gasteiger partial charge in [-0.25, -0.2) is 0 Å². The first-order valence-corrected chi connectivity index (χ1v) is 10.2. The Morgan fingerprint density at radius 1 is 1.03 bits per heavy atom. The number of hydrogen-bond acceptors (Lipinski definition) is 7. The molecule has 0 bridgehead atoms. The molecule has 8 heteroatoms. The van der Waals surface area contributed by atoms with E-state index >= 15 is 0 Å². The van der Waals surface area contributed by atoms with E-state index in [4.69, 9.17) is 18.7 Å². The maximum atomic E-state index is 12.6. The van der Waals surface area contributed by atoms with Crippen LogP contribution in [0, 0.1) is 13.8 Å². The van der Waals surface area contributed by atoms with Crippen molar-refractivity contribution in [1.29, 1.82) is 0 Å². The third-order valence-corrected chi connectivity index (χ3v) is 5.67. The summed E-state index contributed by atoms with van der Waals surface area (Å²) in [5, 5.41) is 3.96. The van der Waals surface area contributed by atoms with Crippen molar-refractivity contribution in [3.8, 4) is 17.2 Å². The van der Waals surface area contributed by atoms with Crippen molar-refractivity contribution in [3.63, 3.8) is 0 Å². The summed E-state index contributed by atoms with van der Waals surface area (Å²) in [7, 11) is 4.85. The van der Waals surface area contributed by atoms with Crippen LogP contribution in [0.5, 0.6) is 17.2 Å². The normalized spacial score (nSPS) is 14.6. The molecule has 0 radical (unpaired) electrons. The summed E-state index contributed by atoms with van der Waals surface area (Å²) in [5.41, 5.74) is 2.95. The van der Waals surface area contributed by atoms with Crippen LogP contribution in [0.3, 0.4) is 0 Å². The van der Waals surface area contributed by atoms with Crippen molar-refractivity contribution < 1.29 is 23.5 Å². The second kappa shape index (κ2) is 9.84. The molecule has 2 aromatic rings. The van der Waals surface area contributed by atoms with E-state index < -0.39 is 0 Å². The number of carbonyl (C=O) groups excluding carboxylic acids is 1. The van der Waals surface area contributed by atoms with Crippen LogP contribution in [-0.4, -0.2) is 68.4 Å². The summed E-state index contributed by atoms with van der Waals surface area (Å²) < 4.78 is 21.6. The Labute approximate surface area is 177 Å². The van der Waals surface area contributed by atoms with E-state index in [2.05, 4.69) is 10.1 Å². The molecule has 30 heavy (non-hydrogen) atoms. The van der Waals surface area contributed by atoms with Gasteiger partial charge in [0.1, 0.15) is 5.76 Å². The molecular formula is C22H31N3O5. The summed E-state index contributed by atoms with van der Waals surface area (Å²) in [4.78, 5) is 16.9. The van der Waals surface area contributed by atoms with Gasteiger partial charge in [0.05, 0.1) is 27.0 Å². The lowest BCUT2D eigenvalue weighted by molar-refractivity contribution is -0.133. The van der Waals surface area contributed by atoms with Crippen molar-refractivity contribution in [2.75, 3.05) is 47.5 Å². The minimum Gasteiger partial charge on any atom is -0.493 e. The number of methoxy groups -OCH3 is 3. The Balaban J connectivity index is 1.55. The van der Waals surface area contributed by atoms with E-state index in [1.807, 2.05) is 30.9 Å². The second-order valence-electron chi connectivity index (χ2n) is 7.45. The van der Waals surface area contributed by atoms with Gasteiger partial charge in [-0.15, -0.1) is 0 Å². The van der Waals surface area contributed by atoms with Gasteiger partial charge in [-0.1, -0.05) is 11.2 Å². The van der Waals surface area contributed by atoms with E-state index in [0.717, 1.165) is 55.3 Å². The summed E-state index contributed by atoms with van der Waals surface area (Å²) in [5.74, 6) is 2.92. The number of benzene rings is 1. The summed E-state index contributed by atoms with van der Waals surface area (Å²) in [6.07, 6.45) is 1.15. The minimum atomic E-state index is 0.179. The maximum Gasteiger partial charge on any atom is 0.222 e. The first kappa shape index (κ1) is 22.0. The Bertz CT molecular complexity index is 852. The average molecular weight is 418 g/mol. The van der Waals surface area contributed by atoms with E-state index in [1.165, 1.54) is 0 Å². The average Bonchev–Trinajstić information content (AvgIpc) is 3.09. The summed E-state index contributed by atoms with van der Waals surface area (Å²) >= 11 is 0. The van der Waals surface area contributed by atoms with Crippen LogP contribution in [0.1, 0.15) is 29.0 Å². The zero-order chi connectivity index (χ0) is 21.7. The second-order valence-corrected chi connectivity index (χ2v) is 7.45. The van der Waals surface area contributed by atoms with Crippen molar-refractivity contribution in [1.82, 2.24) is 15.0 Å². The largest absolute Gasteiger partial charge is 0.493 e. The van der Waals surface area contributed by atoms with Crippen LogP contribution in [0.15, 0.2) is 16.7 Å². The molecule has 0 spiro atoms. The number of piperazine rings is 1. The first-order chi connectivity index (χ1) is 14.5. The van der Waals surface area contributed by atoms with Crippen molar-refractivity contribution >= 4 is 5.91 Å². The maximum absolute atomic E-state index is 12.6. The van der Waals surface area contributed by atoms with Crippen LogP contribution in [0.25, 0.3) is 0 Å². The molecule has 2 heterocycles. The van der Waals surface area contributed by atoms with Gasteiger partial charge in [0, 0.05) is 50.3 Å². The molecule has 1 aliphatic rings. The van der Waals surface area contributed by atoms with Gasteiger partial charge in [-0.05, 0) is 26.3 Å². The van der Waals surface area contributed by atoms with Gasteiger partial charge in [-0.3, -0.25) is 9.69 Å². The van der Waals surface area contributed by atoms with Gasteiger partial charge in [0.15, 0.2) is 11.5 Å². The van der Waals surface area contributed by atoms with Crippen LogP contribution in [0.4, 0.5) is 0 Å². The molecular weight excluding hydrogens is 386 g/mol. The van der Waals surface area contributed by atoms with Crippen LogP contribution < -0.4 is 14.2 Å². The molecule has 0 aliphatic carbocycles. The highest BCUT2D eigenvalue weighted by Gasteiger charge is 2.24. The summed E-state index contributed by atoms with van der Waals surface area (Å²) in [6, 6.07) is 3.90. The van der Waals surface area contributed by atoms with Gasteiger partial charge in [0.2, 0.25) is 11.7 Å². The standard InChI is InChI=1S/C22H31N3O5/c1-15-18(16(2)30-23-15)7-9-20(26)25-12-10-24(11-13-25)14-17-6-8-19(27-3)22(29-5)21(17)28-4/h6,8H,7,9-14H2,1-5H3.